The first-order valence-electron chi connectivity index (χ1n) is 6.73. The summed E-state index contributed by atoms with van der Waals surface area (Å²) in [6.45, 7) is 2.88. The van der Waals surface area contributed by atoms with Crippen LogP contribution in [0.5, 0.6) is 0 Å². The molecule has 0 bridgehead atoms. The van der Waals surface area contributed by atoms with Gasteiger partial charge in [-0.05, 0) is 38.0 Å². The first-order valence-corrected chi connectivity index (χ1v) is 7.14. The Labute approximate surface area is 114 Å². The molecule has 0 aromatic carbocycles. The van der Waals surface area contributed by atoms with Gasteiger partial charge in [-0.3, -0.25) is 4.79 Å². The number of amides is 1. The fourth-order valence-electron chi connectivity index (χ4n) is 3.34. The molecule has 2 fully saturated rings. The Morgan fingerprint density at radius 3 is 2.67 bits per heavy atom. The first kappa shape index (κ1) is 13.7. The van der Waals surface area contributed by atoms with Gasteiger partial charge in [-0.25, -0.2) is 0 Å². The highest BCUT2D eigenvalue weighted by atomic mass is 32.1. The van der Waals surface area contributed by atoms with Crippen molar-refractivity contribution in [2.24, 2.45) is 17.1 Å². The van der Waals surface area contributed by atoms with Crippen molar-refractivity contribution < 1.29 is 9.90 Å². The van der Waals surface area contributed by atoms with Gasteiger partial charge in [0, 0.05) is 6.54 Å². The van der Waals surface area contributed by atoms with Crippen LogP contribution in [0.4, 0.5) is 0 Å². The van der Waals surface area contributed by atoms with Crippen LogP contribution >= 0.6 is 12.2 Å². The van der Waals surface area contributed by atoms with Gasteiger partial charge in [-0.2, -0.15) is 0 Å². The van der Waals surface area contributed by atoms with E-state index in [1.165, 1.54) is 0 Å². The number of hydrogen-bond acceptors (Lipinski definition) is 3. The zero-order chi connectivity index (χ0) is 13.3. The van der Waals surface area contributed by atoms with E-state index in [1.54, 1.807) is 0 Å². The molecule has 1 aliphatic carbocycles. The number of piperidine rings is 1. The van der Waals surface area contributed by atoms with Crippen molar-refractivity contribution in [3.05, 3.63) is 0 Å². The van der Waals surface area contributed by atoms with Gasteiger partial charge in [0.05, 0.1) is 23.1 Å². The van der Waals surface area contributed by atoms with Crippen molar-refractivity contribution in [3.8, 4) is 0 Å². The Bertz CT molecular complexity index is 353. The number of thiocarbonyl (C=S) groups is 1. The maximum atomic E-state index is 12.7. The van der Waals surface area contributed by atoms with Crippen molar-refractivity contribution >= 4 is 23.1 Å². The molecular weight excluding hydrogens is 248 g/mol. The van der Waals surface area contributed by atoms with Gasteiger partial charge in [0.1, 0.15) is 0 Å². The molecule has 1 unspecified atom stereocenters. The van der Waals surface area contributed by atoms with Crippen LogP contribution in [0.1, 0.15) is 39.0 Å². The fraction of sp³-hybridized carbons (Fsp3) is 0.846. The van der Waals surface area contributed by atoms with E-state index >= 15 is 0 Å². The topological polar surface area (TPSA) is 66.6 Å². The van der Waals surface area contributed by atoms with Crippen LogP contribution in [0.15, 0.2) is 0 Å². The molecule has 5 heteroatoms. The maximum absolute atomic E-state index is 12.7. The minimum atomic E-state index is -0.625. The lowest BCUT2D eigenvalue weighted by Gasteiger charge is -2.49. The number of rotatable bonds is 3. The Morgan fingerprint density at radius 1 is 1.50 bits per heavy atom. The third kappa shape index (κ3) is 2.14. The first-order chi connectivity index (χ1) is 8.51. The van der Waals surface area contributed by atoms with Crippen LogP contribution in [0, 0.1) is 11.3 Å². The van der Waals surface area contributed by atoms with Crippen molar-refractivity contribution in [2.75, 3.05) is 13.2 Å². The lowest BCUT2D eigenvalue weighted by molar-refractivity contribution is -0.149. The van der Waals surface area contributed by atoms with Crippen molar-refractivity contribution in [1.29, 1.82) is 0 Å². The fourth-order valence-corrected chi connectivity index (χ4v) is 3.60. The summed E-state index contributed by atoms with van der Waals surface area (Å²) in [7, 11) is 0. The molecular formula is C13H22N2O2S. The third-order valence-corrected chi connectivity index (χ3v) is 4.76. The Kier molecular flexibility index (Phi) is 3.92. The summed E-state index contributed by atoms with van der Waals surface area (Å²) < 4.78 is 0. The number of nitrogens with zero attached hydrogens (tertiary/aromatic N) is 1. The minimum absolute atomic E-state index is 0.0364. The summed E-state index contributed by atoms with van der Waals surface area (Å²) in [4.78, 5) is 14.8. The lowest BCUT2D eigenvalue weighted by Crippen LogP contribution is -2.60. The molecule has 0 spiro atoms. The number of carbonyl (C=O) groups is 1. The summed E-state index contributed by atoms with van der Waals surface area (Å²) in [5.74, 6) is 0.555. The number of nitrogens with two attached hydrogens (primary N) is 1. The van der Waals surface area contributed by atoms with Crippen molar-refractivity contribution in [2.45, 2.75) is 45.1 Å². The van der Waals surface area contributed by atoms with Crippen molar-refractivity contribution in [1.82, 2.24) is 4.90 Å². The molecule has 4 nitrogen and oxygen atoms in total. The van der Waals surface area contributed by atoms with E-state index in [-0.39, 0.29) is 18.6 Å². The molecule has 1 heterocycles. The number of carbonyl (C=O) groups excluding carboxylic acids is 1. The predicted octanol–water partition coefficient (Wildman–Crippen LogP) is 1.06. The second kappa shape index (κ2) is 5.13. The van der Waals surface area contributed by atoms with Gasteiger partial charge in [-0.15, -0.1) is 0 Å². The van der Waals surface area contributed by atoms with Gasteiger partial charge in [0.25, 0.3) is 0 Å². The standard InChI is InChI=1S/C13H22N2O2S/c1-9-6-13(7-9,11(14)18)12(17)15-5-3-2-4-10(15)8-16/h9-10,16H,2-8H2,1H3,(H2,14,18). The lowest BCUT2D eigenvalue weighted by atomic mass is 9.61. The molecule has 2 rings (SSSR count). The summed E-state index contributed by atoms with van der Waals surface area (Å²) in [5, 5.41) is 9.40. The minimum Gasteiger partial charge on any atom is -0.394 e. The third-order valence-electron chi connectivity index (χ3n) is 4.37. The second-order valence-corrected chi connectivity index (χ2v) is 6.23. The van der Waals surface area contributed by atoms with Gasteiger partial charge < -0.3 is 15.7 Å². The molecule has 1 saturated heterocycles. The molecule has 0 aromatic heterocycles. The van der Waals surface area contributed by atoms with E-state index in [2.05, 4.69) is 6.92 Å². The van der Waals surface area contributed by atoms with E-state index in [4.69, 9.17) is 18.0 Å². The number of likely N-dealkylation sites (tertiary alicyclic amines) is 1. The maximum Gasteiger partial charge on any atom is 0.235 e. The summed E-state index contributed by atoms with van der Waals surface area (Å²) in [6, 6.07) is -0.0478. The molecule has 0 radical (unpaired) electrons. The Hall–Kier alpha value is -0.680. The van der Waals surface area contributed by atoms with Crippen LogP contribution in [-0.4, -0.2) is 40.1 Å². The average molecular weight is 270 g/mol. The van der Waals surface area contributed by atoms with E-state index in [1.807, 2.05) is 4.90 Å². The van der Waals surface area contributed by atoms with Crippen LogP contribution < -0.4 is 5.73 Å². The predicted molar refractivity (Wildman–Crippen MR) is 74.1 cm³/mol. The summed E-state index contributed by atoms with van der Waals surface area (Å²) in [6.07, 6.45) is 4.48. The SMILES string of the molecule is CC1CC(C(=O)N2CCCCC2CO)(C(N)=S)C1. The molecule has 2 aliphatic rings. The highest BCUT2D eigenvalue weighted by molar-refractivity contribution is 7.80. The number of aliphatic hydroxyl groups is 1. The van der Waals surface area contributed by atoms with Crippen LogP contribution in [0.2, 0.25) is 0 Å². The molecule has 1 saturated carbocycles. The van der Waals surface area contributed by atoms with E-state index in [0.29, 0.717) is 10.9 Å². The van der Waals surface area contributed by atoms with E-state index in [0.717, 1.165) is 38.6 Å². The molecule has 102 valence electrons. The smallest absolute Gasteiger partial charge is 0.235 e. The number of aliphatic hydroxyl groups excluding tert-OH is 1. The molecule has 3 N–H and O–H groups in total. The zero-order valence-electron chi connectivity index (χ0n) is 10.9. The molecule has 1 atom stereocenters. The summed E-state index contributed by atoms with van der Waals surface area (Å²) in [5.41, 5.74) is 5.19. The quantitative estimate of drug-likeness (QED) is 0.753. The monoisotopic (exact) mass is 270 g/mol. The van der Waals surface area contributed by atoms with Crippen LogP contribution in [0.25, 0.3) is 0 Å². The Balaban J connectivity index is 2.16. The molecule has 1 amide bonds. The summed E-state index contributed by atoms with van der Waals surface area (Å²) >= 11 is 5.12. The van der Waals surface area contributed by atoms with E-state index < -0.39 is 5.41 Å². The highest BCUT2D eigenvalue weighted by Gasteiger charge is 2.53. The van der Waals surface area contributed by atoms with Gasteiger partial charge >= 0.3 is 0 Å². The normalized spacial score (nSPS) is 36.0. The van der Waals surface area contributed by atoms with Gasteiger partial charge in [0.2, 0.25) is 5.91 Å². The van der Waals surface area contributed by atoms with Crippen molar-refractivity contribution in [3.63, 3.8) is 0 Å². The van der Waals surface area contributed by atoms with E-state index in [9.17, 15) is 9.90 Å². The molecule has 1 aliphatic heterocycles. The largest absolute Gasteiger partial charge is 0.394 e. The second-order valence-electron chi connectivity index (χ2n) is 5.79. The van der Waals surface area contributed by atoms with Gasteiger partial charge in [-0.1, -0.05) is 19.1 Å². The molecule has 18 heavy (non-hydrogen) atoms. The zero-order valence-corrected chi connectivity index (χ0v) is 11.7. The average Bonchev–Trinajstić information content (AvgIpc) is 2.33. The van der Waals surface area contributed by atoms with Crippen LogP contribution in [0.3, 0.4) is 0 Å². The van der Waals surface area contributed by atoms with Crippen LogP contribution in [-0.2, 0) is 4.79 Å². The Morgan fingerprint density at radius 2 is 2.17 bits per heavy atom. The van der Waals surface area contributed by atoms with Gasteiger partial charge in [0.15, 0.2) is 0 Å². The number of hydrogen-bond donors (Lipinski definition) is 2. The highest BCUT2D eigenvalue weighted by Crippen LogP contribution is 2.47. The molecule has 0 aromatic rings.